The van der Waals surface area contributed by atoms with Gasteiger partial charge in [0.15, 0.2) is 6.29 Å². The second-order valence-corrected chi connectivity index (χ2v) is 3.42. The van der Waals surface area contributed by atoms with E-state index in [-0.39, 0.29) is 0 Å². The largest absolute Gasteiger partial charge is 0.300 e. The summed E-state index contributed by atoms with van der Waals surface area (Å²) < 4.78 is -0.922. The van der Waals surface area contributed by atoms with E-state index in [1.54, 1.807) is 0 Å². The fourth-order valence-electron chi connectivity index (χ4n) is 0.410. The smallest absolute Gasteiger partial charge is 0.150 e. The maximum atomic E-state index is 10.0. The molecule has 0 N–H and O–H groups in total. The topological polar surface area (TPSA) is 17.1 Å². The van der Waals surface area contributed by atoms with Crippen LogP contribution in [-0.4, -0.2) is 10.5 Å². The minimum absolute atomic E-state index is 0.626. The third kappa shape index (κ3) is 3.33. The Balaban J connectivity index is 3.53. The number of carbonyl (C=O) groups excluding carboxylic acids is 1. The van der Waals surface area contributed by atoms with Gasteiger partial charge < -0.3 is 4.79 Å². The molecule has 0 aliphatic rings. The van der Waals surface area contributed by atoms with E-state index in [0.29, 0.717) is 12.7 Å². The van der Waals surface area contributed by atoms with Crippen LogP contribution in [0.4, 0.5) is 0 Å². The number of thiol groups is 1. The first-order valence-corrected chi connectivity index (χ1v) is 3.32. The number of hydrogen-bond donors (Lipinski definition) is 1. The molecular weight excluding hydrogens is 144 g/mol. The Morgan fingerprint density at radius 3 is 2.50 bits per heavy atom. The standard InChI is InChI=1S/C5H9ClOS/c1-2-3-5(6,8)4-7/h4,8H,2-3H2,1H3. The Labute approximate surface area is 59.8 Å². The van der Waals surface area contributed by atoms with E-state index in [9.17, 15) is 4.79 Å². The highest BCUT2D eigenvalue weighted by molar-refractivity contribution is 7.84. The highest BCUT2D eigenvalue weighted by Crippen LogP contribution is 2.22. The molecule has 0 saturated heterocycles. The van der Waals surface area contributed by atoms with Gasteiger partial charge in [0.25, 0.3) is 0 Å². The van der Waals surface area contributed by atoms with Crippen LogP contribution in [0.15, 0.2) is 0 Å². The molecule has 0 saturated carbocycles. The van der Waals surface area contributed by atoms with Gasteiger partial charge in [0.1, 0.15) is 4.21 Å². The van der Waals surface area contributed by atoms with Crippen LogP contribution in [-0.2, 0) is 4.79 Å². The van der Waals surface area contributed by atoms with Gasteiger partial charge in [-0.1, -0.05) is 24.9 Å². The molecule has 8 heavy (non-hydrogen) atoms. The molecule has 0 spiro atoms. The summed E-state index contributed by atoms with van der Waals surface area (Å²) in [5.41, 5.74) is 0. The molecule has 0 amide bonds. The fraction of sp³-hybridized carbons (Fsp3) is 0.800. The van der Waals surface area contributed by atoms with Gasteiger partial charge in [-0.05, 0) is 6.42 Å². The van der Waals surface area contributed by atoms with Gasteiger partial charge >= 0.3 is 0 Å². The van der Waals surface area contributed by atoms with Crippen molar-refractivity contribution in [2.45, 2.75) is 24.0 Å². The van der Waals surface area contributed by atoms with E-state index >= 15 is 0 Å². The lowest BCUT2D eigenvalue weighted by atomic mass is 10.2. The molecule has 1 nitrogen and oxygen atoms in total. The molecule has 0 heterocycles. The number of alkyl halides is 1. The second-order valence-electron chi connectivity index (χ2n) is 1.69. The summed E-state index contributed by atoms with van der Waals surface area (Å²) in [6.45, 7) is 1.96. The van der Waals surface area contributed by atoms with Gasteiger partial charge in [-0.15, -0.1) is 12.6 Å². The van der Waals surface area contributed by atoms with Crippen molar-refractivity contribution in [2.24, 2.45) is 0 Å². The number of halogens is 1. The first-order chi connectivity index (χ1) is 3.62. The van der Waals surface area contributed by atoms with Crippen LogP contribution in [0.2, 0.25) is 0 Å². The minimum atomic E-state index is -0.922. The van der Waals surface area contributed by atoms with Crippen LogP contribution in [0.5, 0.6) is 0 Å². The Kier molecular flexibility index (Phi) is 3.49. The summed E-state index contributed by atoms with van der Waals surface area (Å²) >= 11 is 9.38. The van der Waals surface area contributed by atoms with Crippen LogP contribution < -0.4 is 0 Å². The normalized spacial score (nSPS) is 17.4. The van der Waals surface area contributed by atoms with Crippen molar-refractivity contribution in [1.29, 1.82) is 0 Å². The fourth-order valence-corrected chi connectivity index (χ4v) is 0.822. The average Bonchev–Trinajstić information content (AvgIpc) is 1.67. The molecule has 0 aromatic heterocycles. The lowest BCUT2D eigenvalue weighted by Gasteiger charge is -2.09. The second kappa shape index (κ2) is 3.36. The average molecular weight is 153 g/mol. The maximum absolute atomic E-state index is 10.0. The summed E-state index contributed by atoms with van der Waals surface area (Å²) in [4.78, 5) is 10.0. The summed E-state index contributed by atoms with van der Waals surface area (Å²) in [5, 5.41) is 0. The number of aldehydes is 1. The molecule has 0 aliphatic carbocycles. The molecule has 0 fully saturated rings. The molecule has 0 aromatic rings. The Bertz CT molecular complexity index is 82.5. The molecule has 0 radical (unpaired) electrons. The minimum Gasteiger partial charge on any atom is -0.300 e. The molecule has 48 valence electrons. The van der Waals surface area contributed by atoms with Crippen molar-refractivity contribution in [3.63, 3.8) is 0 Å². The van der Waals surface area contributed by atoms with Gasteiger partial charge in [-0.3, -0.25) is 0 Å². The summed E-state index contributed by atoms with van der Waals surface area (Å²) in [5.74, 6) is 0. The number of rotatable bonds is 3. The molecule has 3 heteroatoms. The summed E-state index contributed by atoms with van der Waals surface area (Å²) in [6.07, 6.45) is 2.16. The van der Waals surface area contributed by atoms with E-state index in [2.05, 4.69) is 12.6 Å². The lowest BCUT2D eigenvalue weighted by molar-refractivity contribution is -0.108. The lowest BCUT2D eigenvalue weighted by Crippen LogP contribution is -2.13. The van der Waals surface area contributed by atoms with Crippen molar-refractivity contribution in [3.05, 3.63) is 0 Å². The third-order valence-electron chi connectivity index (χ3n) is 0.781. The highest BCUT2D eigenvalue weighted by atomic mass is 35.5. The maximum Gasteiger partial charge on any atom is 0.150 e. The molecule has 0 bridgehead atoms. The van der Waals surface area contributed by atoms with Crippen LogP contribution in [0.3, 0.4) is 0 Å². The van der Waals surface area contributed by atoms with Gasteiger partial charge in [0.05, 0.1) is 0 Å². The van der Waals surface area contributed by atoms with Crippen molar-refractivity contribution >= 4 is 30.5 Å². The third-order valence-corrected chi connectivity index (χ3v) is 1.39. The zero-order valence-corrected chi connectivity index (χ0v) is 6.38. The Morgan fingerprint density at radius 2 is 2.38 bits per heavy atom. The molecule has 0 rings (SSSR count). The molecule has 1 unspecified atom stereocenters. The monoisotopic (exact) mass is 152 g/mol. The Hall–Kier alpha value is 0.310. The SMILES string of the molecule is CCCC(S)(Cl)C=O. The van der Waals surface area contributed by atoms with Crippen LogP contribution >= 0.6 is 24.2 Å². The van der Waals surface area contributed by atoms with Gasteiger partial charge in [-0.25, -0.2) is 0 Å². The van der Waals surface area contributed by atoms with Gasteiger partial charge in [-0.2, -0.15) is 0 Å². The van der Waals surface area contributed by atoms with Crippen molar-refractivity contribution in [3.8, 4) is 0 Å². The first kappa shape index (κ1) is 8.31. The van der Waals surface area contributed by atoms with Crippen LogP contribution in [0, 0.1) is 0 Å². The zero-order chi connectivity index (χ0) is 6.62. The van der Waals surface area contributed by atoms with E-state index < -0.39 is 4.21 Å². The zero-order valence-electron chi connectivity index (χ0n) is 4.72. The molecule has 0 aromatic carbocycles. The predicted octanol–water partition coefficient (Wildman–Crippen LogP) is 1.85. The van der Waals surface area contributed by atoms with E-state index in [4.69, 9.17) is 11.6 Å². The van der Waals surface area contributed by atoms with Gasteiger partial charge in [0.2, 0.25) is 0 Å². The van der Waals surface area contributed by atoms with Crippen molar-refractivity contribution in [1.82, 2.24) is 0 Å². The quantitative estimate of drug-likeness (QED) is 0.371. The predicted molar refractivity (Wildman–Crippen MR) is 38.5 cm³/mol. The summed E-state index contributed by atoms with van der Waals surface area (Å²) in [7, 11) is 0. The molecule has 0 aliphatic heterocycles. The molecular formula is C5H9ClOS. The van der Waals surface area contributed by atoms with Crippen molar-refractivity contribution < 1.29 is 4.79 Å². The summed E-state index contributed by atoms with van der Waals surface area (Å²) in [6, 6.07) is 0. The molecule has 1 atom stereocenters. The van der Waals surface area contributed by atoms with Gasteiger partial charge in [0, 0.05) is 0 Å². The highest BCUT2D eigenvalue weighted by Gasteiger charge is 2.18. The number of hydrogen-bond acceptors (Lipinski definition) is 2. The van der Waals surface area contributed by atoms with Crippen LogP contribution in [0.1, 0.15) is 19.8 Å². The van der Waals surface area contributed by atoms with E-state index in [1.807, 2.05) is 6.92 Å². The van der Waals surface area contributed by atoms with E-state index in [1.165, 1.54) is 0 Å². The first-order valence-electron chi connectivity index (χ1n) is 2.50. The van der Waals surface area contributed by atoms with E-state index in [0.717, 1.165) is 6.42 Å². The Morgan fingerprint density at radius 1 is 1.88 bits per heavy atom. The van der Waals surface area contributed by atoms with Crippen LogP contribution in [0.25, 0.3) is 0 Å². The number of carbonyl (C=O) groups is 1. The van der Waals surface area contributed by atoms with Crippen molar-refractivity contribution in [2.75, 3.05) is 0 Å².